The fraction of sp³-hybridized carbons (Fsp3) is 0.900. The van der Waals surface area contributed by atoms with Crippen molar-refractivity contribution in [3.05, 3.63) is 11.6 Å². The van der Waals surface area contributed by atoms with Gasteiger partial charge in [-0.1, -0.05) is 60.1 Å². The van der Waals surface area contributed by atoms with E-state index in [2.05, 4.69) is 66.5 Å². The van der Waals surface area contributed by atoms with Crippen LogP contribution in [0.2, 0.25) is 0 Å². The highest BCUT2D eigenvalue weighted by Crippen LogP contribution is 2.76. The lowest BCUT2D eigenvalue weighted by Gasteiger charge is -2.71. The third-order valence-corrected chi connectivity index (χ3v) is 16.7. The average Bonchev–Trinajstić information content (AvgIpc) is 3.23. The molecule has 0 spiro atoms. The first-order valence-corrected chi connectivity index (χ1v) is 18.9. The Hall–Kier alpha value is -1.36. The standard InChI is InChI=1S/C40H65N2O3/c1-27(43)45-33-13-16-37(6)31(36(33,4)5)12-17-39(8)32(37)11-10-29-30-24-35(2,3)18-20-40(30,21-19-38(29,39)7)34(44)41-25-28-14-22-42(9,26-41)23-15-28/h10,28,30-33H,11-26H2,1-9H3/q+1/t28?,30-,31-,32+,33-,37-,38+,39+,40-,42?/m0/s1. The van der Waals surface area contributed by atoms with E-state index in [1.807, 2.05) is 0 Å². The molecule has 0 aromatic carbocycles. The summed E-state index contributed by atoms with van der Waals surface area (Å²) in [5.41, 5.74) is 2.29. The normalized spacial score (nSPS) is 49.8. The molecular weight excluding hydrogens is 556 g/mol. The van der Waals surface area contributed by atoms with Gasteiger partial charge in [0.05, 0.1) is 25.6 Å². The van der Waals surface area contributed by atoms with E-state index in [0.717, 1.165) is 62.6 Å². The number of piperidine rings is 1. The van der Waals surface area contributed by atoms with Crippen LogP contribution in [0.1, 0.15) is 132 Å². The molecule has 0 aromatic heterocycles. The number of allylic oxidation sites excluding steroid dienone is 2. The number of esters is 1. The molecule has 8 aliphatic rings. The smallest absolute Gasteiger partial charge is 0.302 e. The molecule has 3 saturated heterocycles. The molecule has 45 heavy (non-hydrogen) atoms. The zero-order valence-corrected chi connectivity index (χ0v) is 30.4. The van der Waals surface area contributed by atoms with Gasteiger partial charge in [-0.15, -0.1) is 0 Å². The van der Waals surface area contributed by atoms with Gasteiger partial charge in [-0.05, 0) is 110 Å². The number of carbonyl (C=O) groups is 2. The second kappa shape index (κ2) is 10.1. The second-order valence-corrected chi connectivity index (χ2v) is 20.0. The largest absolute Gasteiger partial charge is 0.462 e. The minimum absolute atomic E-state index is 0.0172. The van der Waals surface area contributed by atoms with E-state index in [0.29, 0.717) is 29.6 Å². The van der Waals surface area contributed by atoms with Crippen molar-refractivity contribution >= 4 is 11.9 Å². The van der Waals surface area contributed by atoms with Gasteiger partial charge >= 0.3 is 5.97 Å². The Bertz CT molecular complexity index is 1280. The van der Waals surface area contributed by atoms with Crippen LogP contribution >= 0.6 is 0 Å². The topological polar surface area (TPSA) is 46.6 Å². The fourth-order valence-electron chi connectivity index (χ4n) is 13.8. The molecule has 252 valence electrons. The number of hydrogen-bond donors (Lipinski definition) is 0. The first kappa shape index (κ1) is 32.2. The van der Waals surface area contributed by atoms with Crippen molar-refractivity contribution in [2.24, 2.45) is 56.2 Å². The lowest BCUT2D eigenvalue weighted by atomic mass is 9.33. The predicted molar refractivity (Wildman–Crippen MR) is 180 cm³/mol. The maximum absolute atomic E-state index is 15.1. The molecule has 0 N–H and O–H groups in total. The second-order valence-electron chi connectivity index (χ2n) is 20.0. The van der Waals surface area contributed by atoms with Crippen LogP contribution in [-0.2, 0) is 14.3 Å². The number of rotatable bonds is 2. The molecule has 0 unspecified atom stereocenters. The van der Waals surface area contributed by atoms with Crippen LogP contribution in [0.5, 0.6) is 0 Å². The number of carbonyl (C=O) groups excluding carboxylic acids is 2. The zero-order valence-electron chi connectivity index (χ0n) is 30.4. The summed E-state index contributed by atoms with van der Waals surface area (Å²) in [5, 5.41) is 0. The Labute approximate surface area is 274 Å². The van der Waals surface area contributed by atoms with Crippen LogP contribution in [0, 0.1) is 56.2 Å². The van der Waals surface area contributed by atoms with Crippen molar-refractivity contribution in [3.63, 3.8) is 0 Å². The molecule has 1 amide bonds. The molecule has 2 bridgehead atoms. The van der Waals surface area contributed by atoms with Crippen molar-refractivity contribution in [1.29, 1.82) is 0 Å². The molecule has 3 heterocycles. The van der Waals surface area contributed by atoms with E-state index >= 15 is 4.79 Å². The maximum Gasteiger partial charge on any atom is 0.302 e. The highest BCUT2D eigenvalue weighted by molar-refractivity contribution is 5.84. The summed E-state index contributed by atoms with van der Waals surface area (Å²) in [6.45, 7) is 23.6. The number of amides is 1. The maximum atomic E-state index is 15.1. The van der Waals surface area contributed by atoms with E-state index in [9.17, 15) is 4.79 Å². The minimum Gasteiger partial charge on any atom is -0.462 e. The Morgan fingerprint density at radius 3 is 2.24 bits per heavy atom. The molecule has 8 rings (SSSR count). The van der Waals surface area contributed by atoms with Crippen LogP contribution < -0.4 is 0 Å². The summed E-state index contributed by atoms with van der Waals surface area (Å²) in [7, 11) is 2.40. The van der Waals surface area contributed by atoms with Crippen LogP contribution in [0.25, 0.3) is 0 Å². The summed E-state index contributed by atoms with van der Waals surface area (Å²) in [4.78, 5) is 29.6. The number of quaternary nitrogens is 1. The van der Waals surface area contributed by atoms with Gasteiger partial charge in [0.25, 0.3) is 0 Å². The predicted octanol–water partition coefficient (Wildman–Crippen LogP) is 8.38. The molecule has 8 atom stereocenters. The molecular formula is C40H65N2O3+. The van der Waals surface area contributed by atoms with Gasteiger partial charge in [0.1, 0.15) is 6.10 Å². The molecule has 5 nitrogen and oxygen atoms in total. The SMILES string of the molecule is CC(=O)O[C@H]1CC[C@]2(C)[C@H]3CC=C4[C@@H]5CC(C)(C)CC[C@]5(C(=O)N5CC6CC[N+](C)(CC6)C5)CC[C@@]4(C)[C@]3(C)CC[C@H]2C1(C)C. The Balaban J connectivity index is 1.25. The van der Waals surface area contributed by atoms with E-state index in [1.165, 1.54) is 45.2 Å². The fourth-order valence-corrected chi connectivity index (χ4v) is 13.8. The lowest BCUT2D eigenvalue weighted by Crippen LogP contribution is -2.66. The summed E-state index contributed by atoms with van der Waals surface area (Å²) in [5.74, 6) is 2.62. The summed E-state index contributed by atoms with van der Waals surface area (Å²) in [6.07, 6.45) is 16.6. The van der Waals surface area contributed by atoms with E-state index in [1.54, 1.807) is 12.5 Å². The van der Waals surface area contributed by atoms with Crippen molar-refractivity contribution in [1.82, 2.24) is 4.90 Å². The number of hydrogen-bond acceptors (Lipinski definition) is 3. The average molecular weight is 622 g/mol. The number of nitrogens with zero attached hydrogens (tertiary/aromatic N) is 2. The minimum atomic E-state index is -0.223. The van der Waals surface area contributed by atoms with Crippen LogP contribution in [-0.4, -0.2) is 60.7 Å². The Kier molecular flexibility index (Phi) is 7.21. The van der Waals surface area contributed by atoms with Crippen molar-refractivity contribution in [2.45, 2.75) is 139 Å². The van der Waals surface area contributed by atoms with Gasteiger partial charge < -0.3 is 9.22 Å². The lowest BCUT2D eigenvalue weighted by molar-refractivity contribution is -0.919. The monoisotopic (exact) mass is 621 g/mol. The Morgan fingerprint density at radius 1 is 0.867 bits per heavy atom. The van der Waals surface area contributed by atoms with Gasteiger partial charge in [-0.3, -0.25) is 14.5 Å². The first-order chi connectivity index (χ1) is 20.9. The van der Waals surface area contributed by atoms with Gasteiger partial charge in [-0.25, -0.2) is 0 Å². The summed E-state index contributed by atoms with van der Waals surface area (Å²) in [6, 6.07) is 0. The van der Waals surface area contributed by atoms with E-state index in [4.69, 9.17) is 4.74 Å². The zero-order chi connectivity index (χ0) is 32.4. The van der Waals surface area contributed by atoms with Crippen molar-refractivity contribution in [2.75, 3.05) is 33.4 Å². The van der Waals surface area contributed by atoms with Crippen molar-refractivity contribution < 1.29 is 18.8 Å². The van der Waals surface area contributed by atoms with Crippen molar-refractivity contribution in [3.8, 4) is 0 Å². The van der Waals surface area contributed by atoms with Gasteiger partial charge in [-0.2, -0.15) is 0 Å². The molecule has 7 fully saturated rings. The number of fused-ring (bicyclic) bond motifs is 11. The van der Waals surface area contributed by atoms with Gasteiger partial charge in [0, 0.05) is 31.7 Å². The number of ether oxygens (including phenoxy) is 1. The molecule has 0 aromatic rings. The highest BCUT2D eigenvalue weighted by atomic mass is 16.5. The first-order valence-electron chi connectivity index (χ1n) is 18.9. The van der Waals surface area contributed by atoms with Crippen LogP contribution in [0.4, 0.5) is 0 Å². The molecule has 5 aliphatic carbocycles. The quantitative estimate of drug-likeness (QED) is 0.177. The van der Waals surface area contributed by atoms with Gasteiger partial charge in [0.2, 0.25) is 5.91 Å². The molecule has 0 radical (unpaired) electrons. The molecule has 5 heteroatoms. The van der Waals surface area contributed by atoms with Crippen LogP contribution in [0.15, 0.2) is 11.6 Å². The third kappa shape index (κ3) is 4.53. The Morgan fingerprint density at radius 2 is 1.56 bits per heavy atom. The highest BCUT2D eigenvalue weighted by Gasteiger charge is 2.69. The van der Waals surface area contributed by atoms with Gasteiger partial charge in [0.15, 0.2) is 6.67 Å². The van der Waals surface area contributed by atoms with Crippen LogP contribution in [0.3, 0.4) is 0 Å². The summed E-state index contributed by atoms with van der Waals surface area (Å²) >= 11 is 0. The van der Waals surface area contributed by atoms with E-state index in [-0.39, 0.29) is 44.6 Å². The summed E-state index contributed by atoms with van der Waals surface area (Å²) < 4.78 is 7.03. The molecule has 3 aliphatic heterocycles. The molecule has 4 saturated carbocycles. The third-order valence-electron chi connectivity index (χ3n) is 16.7. The van der Waals surface area contributed by atoms with E-state index < -0.39 is 0 Å².